The lowest BCUT2D eigenvalue weighted by Gasteiger charge is -2.30. The van der Waals surface area contributed by atoms with Gasteiger partial charge < -0.3 is 14.7 Å². The second-order valence-corrected chi connectivity index (χ2v) is 6.75. The van der Waals surface area contributed by atoms with Crippen LogP contribution in [0.4, 0.5) is 0 Å². The number of methoxy groups -OCH3 is 1. The van der Waals surface area contributed by atoms with E-state index in [1.165, 1.54) is 37.9 Å². The lowest BCUT2D eigenvalue weighted by atomic mass is 9.88. The molecule has 0 radical (unpaired) electrons. The lowest BCUT2D eigenvalue weighted by molar-refractivity contribution is -0.906. The van der Waals surface area contributed by atoms with Crippen molar-refractivity contribution >= 4 is 0 Å². The number of ether oxygens (including phenoxy) is 1. The van der Waals surface area contributed by atoms with Crippen LogP contribution in [0.5, 0.6) is 5.75 Å². The Kier molecular flexibility index (Phi) is 5.89. The number of likely N-dealkylation sites (tertiary alicyclic amines) is 1. The molecule has 2 atom stereocenters. The third kappa shape index (κ3) is 4.16. The number of aliphatic hydroxyl groups is 1. The van der Waals surface area contributed by atoms with Crippen LogP contribution in [-0.4, -0.2) is 31.9 Å². The number of nitrogens with one attached hydrogen (secondary N) is 1. The van der Waals surface area contributed by atoms with Crippen LogP contribution < -0.4 is 9.64 Å². The van der Waals surface area contributed by atoms with Gasteiger partial charge in [-0.15, -0.1) is 0 Å². The average molecular weight is 326 g/mol. The number of aliphatic hydroxyl groups excluding tert-OH is 1. The van der Waals surface area contributed by atoms with Gasteiger partial charge >= 0.3 is 0 Å². The molecule has 1 aliphatic heterocycles. The van der Waals surface area contributed by atoms with Crippen molar-refractivity contribution in [3.63, 3.8) is 0 Å². The highest BCUT2D eigenvalue weighted by atomic mass is 16.5. The molecule has 1 fully saturated rings. The number of rotatable bonds is 6. The molecule has 0 saturated carbocycles. The van der Waals surface area contributed by atoms with Crippen LogP contribution in [0.2, 0.25) is 0 Å². The van der Waals surface area contributed by atoms with Gasteiger partial charge in [-0.05, 0) is 42.5 Å². The minimum Gasteiger partial charge on any atom is -0.497 e. The summed E-state index contributed by atoms with van der Waals surface area (Å²) >= 11 is 0. The number of hydrogen-bond acceptors (Lipinski definition) is 2. The number of benzene rings is 2. The average Bonchev–Trinajstić information content (AvgIpc) is 2.67. The highest BCUT2D eigenvalue weighted by Crippen LogP contribution is 2.31. The molecule has 24 heavy (non-hydrogen) atoms. The van der Waals surface area contributed by atoms with E-state index in [0.717, 1.165) is 17.9 Å². The van der Waals surface area contributed by atoms with Gasteiger partial charge in [0.1, 0.15) is 5.75 Å². The fraction of sp³-hybridized carbons (Fsp3) is 0.429. The normalized spacial score (nSPS) is 18.1. The zero-order valence-electron chi connectivity index (χ0n) is 14.4. The van der Waals surface area contributed by atoms with Crippen LogP contribution in [0.3, 0.4) is 0 Å². The largest absolute Gasteiger partial charge is 0.497 e. The first-order chi connectivity index (χ1) is 11.8. The van der Waals surface area contributed by atoms with Gasteiger partial charge in [-0.3, -0.25) is 0 Å². The summed E-state index contributed by atoms with van der Waals surface area (Å²) < 4.78 is 5.23. The molecule has 128 valence electrons. The van der Waals surface area contributed by atoms with Gasteiger partial charge in [-0.2, -0.15) is 0 Å². The molecule has 3 nitrogen and oxygen atoms in total. The summed E-state index contributed by atoms with van der Waals surface area (Å²) in [4.78, 5) is 1.61. The van der Waals surface area contributed by atoms with Crippen molar-refractivity contribution in [1.29, 1.82) is 0 Å². The highest BCUT2D eigenvalue weighted by molar-refractivity contribution is 5.31. The van der Waals surface area contributed by atoms with Crippen LogP contribution in [0.1, 0.15) is 42.4 Å². The summed E-state index contributed by atoms with van der Waals surface area (Å²) in [5.41, 5.74) is 2.18. The Morgan fingerprint density at radius 1 is 0.917 bits per heavy atom. The van der Waals surface area contributed by atoms with Crippen molar-refractivity contribution in [3.05, 3.63) is 65.7 Å². The van der Waals surface area contributed by atoms with E-state index in [0.29, 0.717) is 0 Å². The van der Waals surface area contributed by atoms with Gasteiger partial charge in [0.15, 0.2) is 0 Å². The summed E-state index contributed by atoms with van der Waals surface area (Å²) in [5.74, 6) is 0.941. The minimum absolute atomic E-state index is 0.118. The second-order valence-electron chi connectivity index (χ2n) is 6.75. The molecule has 0 spiro atoms. The maximum absolute atomic E-state index is 11.1. The van der Waals surface area contributed by atoms with Crippen molar-refractivity contribution in [1.82, 2.24) is 0 Å². The Balaban J connectivity index is 1.82. The molecule has 3 heteroatoms. The first kappa shape index (κ1) is 17.0. The molecule has 0 bridgehead atoms. The van der Waals surface area contributed by atoms with Gasteiger partial charge in [-0.25, -0.2) is 0 Å². The monoisotopic (exact) mass is 326 g/mol. The summed E-state index contributed by atoms with van der Waals surface area (Å²) in [7, 11) is 1.66. The SMILES string of the molecule is COc1ccc([C@@H](O)[C@@H](C[NH+]2CCCCC2)c2ccccc2)cc1. The molecule has 0 aliphatic carbocycles. The van der Waals surface area contributed by atoms with E-state index in [9.17, 15) is 5.11 Å². The third-order valence-electron chi connectivity index (χ3n) is 5.14. The standard InChI is InChI=1S/C21H27NO2/c1-24-19-12-10-18(11-13-19)21(23)20(17-8-4-2-5-9-17)16-22-14-6-3-7-15-22/h2,4-5,8-13,20-21,23H,3,6-7,14-16H2,1H3/p+1/t20-,21+/m0/s1. The summed E-state index contributed by atoms with van der Waals surface area (Å²) in [5, 5.41) is 11.1. The van der Waals surface area contributed by atoms with E-state index in [1.807, 2.05) is 30.3 Å². The molecule has 2 aromatic rings. The van der Waals surface area contributed by atoms with E-state index in [4.69, 9.17) is 4.74 Å². The zero-order chi connectivity index (χ0) is 16.8. The van der Waals surface area contributed by atoms with Crippen LogP contribution >= 0.6 is 0 Å². The molecular weight excluding hydrogens is 298 g/mol. The fourth-order valence-electron chi connectivity index (χ4n) is 3.71. The lowest BCUT2D eigenvalue weighted by Crippen LogP contribution is -3.13. The van der Waals surface area contributed by atoms with Crippen LogP contribution in [-0.2, 0) is 0 Å². The number of quaternary nitrogens is 1. The van der Waals surface area contributed by atoms with Crippen molar-refractivity contribution in [2.24, 2.45) is 0 Å². The smallest absolute Gasteiger partial charge is 0.118 e. The second kappa shape index (κ2) is 8.32. The minimum atomic E-state index is -0.493. The van der Waals surface area contributed by atoms with Crippen molar-refractivity contribution in [2.75, 3.05) is 26.7 Å². The Morgan fingerprint density at radius 2 is 1.58 bits per heavy atom. The van der Waals surface area contributed by atoms with Gasteiger partial charge in [-0.1, -0.05) is 42.5 Å². The maximum atomic E-state index is 11.1. The Hall–Kier alpha value is -1.84. The molecule has 3 rings (SSSR count). The summed E-state index contributed by atoms with van der Waals surface area (Å²) in [6.07, 6.45) is 3.46. The van der Waals surface area contributed by atoms with E-state index in [2.05, 4.69) is 24.3 Å². The Labute approximate surface area is 144 Å². The van der Waals surface area contributed by atoms with Crippen LogP contribution in [0.25, 0.3) is 0 Å². The molecule has 1 heterocycles. The Bertz CT molecular complexity index is 605. The van der Waals surface area contributed by atoms with E-state index in [1.54, 1.807) is 12.0 Å². The molecule has 2 aromatic carbocycles. The highest BCUT2D eigenvalue weighted by Gasteiger charge is 2.28. The van der Waals surface area contributed by atoms with Gasteiger partial charge in [0.25, 0.3) is 0 Å². The fourth-order valence-corrected chi connectivity index (χ4v) is 3.71. The zero-order valence-corrected chi connectivity index (χ0v) is 14.4. The number of piperidine rings is 1. The predicted molar refractivity (Wildman–Crippen MR) is 96.6 cm³/mol. The molecule has 2 N–H and O–H groups in total. The molecule has 0 amide bonds. The summed E-state index contributed by atoms with van der Waals surface area (Å²) in [6, 6.07) is 18.2. The predicted octanol–water partition coefficient (Wildman–Crippen LogP) is 2.58. The van der Waals surface area contributed by atoms with Gasteiger partial charge in [0.2, 0.25) is 0 Å². The quantitative estimate of drug-likeness (QED) is 0.855. The van der Waals surface area contributed by atoms with E-state index >= 15 is 0 Å². The van der Waals surface area contributed by atoms with Gasteiger partial charge in [0.05, 0.1) is 38.8 Å². The number of hydrogen-bond donors (Lipinski definition) is 2. The van der Waals surface area contributed by atoms with Crippen LogP contribution in [0.15, 0.2) is 54.6 Å². The molecule has 1 saturated heterocycles. The van der Waals surface area contributed by atoms with E-state index in [-0.39, 0.29) is 5.92 Å². The molecular formula is C21H28NO2+. The van der Waals surface area contributed by atoms with E-state index < -0.39 is 6.10 Å². The molecule has 1 aliphatic rings. The first-order valence-corrected chi connectivity index (χ1v) is 8.98. The Morgan fingerprint density at radius 3 is 2.21 bits per heavy atom. The van der Waals surface area contributed by atoms with Crippen molar-refractivity contribution in [2.45, 2.75) is 31.3 Å². The van der Waals surface area contributed by atoms with Crippen molar-refractivity contribution in [3.8, 4) is 5.75 Å². The third-order valence-corrected chi connectivity index (χ3v) is 5.14. The maximum Gasteiger partial charge on any atom is 0.118 e. The topological polar surface area (TPSA) is 33.9 Å². The van der Waals surface area contributed by atoms with Gasteiger partial charge in [0, 0.05) is 0 Å². The van der Waals surface area contributed by atoms with Crippen molar-refractivity contribution < 1.29 is 14.7 Å². The summed E-state index contributed by atoms with van der Waals surface area (Å²) in [6.45, 7) is 3.43. The molecule has 0 unspecified atom stereocenters. The molecule has 0 aromatic heterocycles. The first-order valence-electron chi connectivity index (χ1n) is 8.98. The van der Waals surface area contributed by atoms with Crippen LogP contribution in [0, 0.1) is 0 Å².